The van der Waals surface area contributed by atoms with Gasteiger partial charge in [0.1, 0.15) is 29.6 Å². The summed E-state index contributed by atoms with van der Waals surface area (Å²) in [5.74, 6) is 2.86. The van der Waals surface area contributed by atoms with Crippen LogP contribution in [0.5, 0.6) is 5.75 Å². The molecule has 2 aromatic heterocycles. The molecule has 4 heterocycles. The van der Waals surface area contributed by atoms with Crippen molar-refractivity contribution < 1.29 is 14.0 Å². The highest BCUT2D eigenvalue weighted by Gasteiger charge is 2.32. The number of anilines is 1. The zero-order valence-electron chi connectivity index (χ0n) is 20.6. The lowest BCUT2D eigenvalue weighted by molar-refractivity contribution is 0.126. The zero-order valence-corrected chi connectivity index (χ0v) is 20.6. The van der Waals surface area contributed by atoms with E-state index >= 15 is 0 Å². The predicted octanol–water partition coefficient (Wildman–Crippen LogP) is 5.74. The van der Waals surface area contributed by atoms with E-state index in [0.29, 0.717) is 19.8 Å². The minimum absolute atomic E-state index is 0.286. The van der Waals surface area contributed by atoms with E-state index in [1.54, 1.807) is 7.11 Å². The third-order valence-electron chi connectivity index (χ3n) is 6.66. The topological polar surface area (TPSA) is 65.5 Å². The first-order valence-electron chi connectivity index (χ1n) is 12.0. The van der Waals surface area contributed by atoms with Gasteiger partial charge < -0.3 is 23.5 Å². The lowest BCUT2D eigenvalue weighted by Crippen LogP contribution is -2.21. The number of aromatic nitrogens is 3. The van der Waals surface area contributed by atoms with Gasteiger partial charge in [-0.25, -0.2) is 4.98 Å². The summed E-state index contributed by atoms with van der Waals surface area (Å²) in [5.41, 5.74) is 7.69. The van der Waals surface area contributed by atoms with Crippen LogP contribution in [0.3, 0.4) is 0 Å². The van der Waals surface area contributed by atoms with E-state index < -0.39 is 0 Å². The Hall–Kier alpha value is -3.32. The van der Waals surface area contributed by atoms with Crippen LogP contribution in [-0.2, 0) is 24.3 Å². The van der Waals surface area contributed by atoms with Crippen molar-refractivity contribution in [1.29, 1.82) is 0 Å². The van der Waals surface area contributed by atoms with Crippen molar-refractivity contribution in [3.8, 4) is 17.0 Å². The normalized spacial score (nSPS) is 17.2. The van der Waals surface area contributed by atoms with E-state index in [2.05, 4.69) is 52.9 Å². The van der Waals surface area contributed by atoms with Gasteiger partial charge in [-0.1, -0.05) is 25.1 Å². The molecule has 1 unspecified atom stereocenters. The van der Waals surface area contributed by atoms with Crippen molar-refractivity contribution in [2.45, 2.75) is 53.7 Å². The molecule has 1 atom stereocenters. The molecule has 0 saturated heterocycles. The number of nitrogens with zero attached hydrogens (tertiary/aromatic N) is 4. The fraction of sp³-hybridized carbons (Fsp3) is 0.407. The van der Waals surface area contributed by atoms with Crippen molar-refractivity contribution in [2.24, 2.45) is 5.92 Å². The van der Waals surface area contributed by atoms with Crippen LogP contribution < -0.4 is 9.64 Å². The SMILES string of the molecule is CCOCc1nc(CC)c2n1CC1=C(c3cc(C)on3)C(C)CC=CN1c1ccc(OC)cc1-2. The molecule has 0 spiro atoms. The van der Waals surface area contributed by atoms with E-state index in [9.17, 15) is 0 Å². The average Bonchev–Trinajstić information content (AvgIpc) is 3.33. The van der Waals surface area contributed by atoms with Crippen LogP contribution in [0.15, 0.2) is 46.8 Å². The van der Waals surface area contributed by atoms with Crippen molar-refractivity contribution >= 4 is 11.3 Å². The second-order valence-corrected chi connectivity index (χ2v) is 8.86. The molecule has 1 aromatic carbocycles. The largest absolute Gasteiger partial charge is 0.497 e. The van der Waals surface area contributed by atoms with Gasteiger partial charge in [0, 0.05) is 35.7 Å². The van der Waals surface area contributed by atoms with Gasteiger partial charge in [-0.15, -0.1) is 0 Å². The van der Waals surface area contributed by atoms with Crippen molar-refractivity contribution in [3.63, 3.8) is 0 Å². The number of imidazole rings is 1. The molecule has 3 aromatic rings. The minimum atomic E-state index is 0.286. The highest BCUT2D eigenvalue weighted by molar-refractivity contribution is 5.86. The summed E-state index contributed by atoms with van der Waals surface area (Å²) in [6, 6.07) is 8.33. The number of rotatable bonds is 6. The fourth-order valence-corrected chi connectivity index (χ4v) is 5.04. The first kappa shape index (κ1) is 22.5. The molecule has 7 nitrogen and oxygen atoms in total. The number of ether oxygens (including phenoxy) is 2. The van der Waals surface area contributed by atoms with E-state index in [0.717, 1.165) is 58.5 Å². The molecule has 178 valence electrons. The number of fused-ring (bicyclic) bond motifs is 5. The summed E-state index contributed by atoms with van der Waals surface area (Å²) in [6.45, 7) is 10.1. The Morgan fingerprint density at radius 3 is 2.76 bits per heavy atom. The van der Waals surface area contributed by atoms with Crippen LogP contribution in [0.4, 0.5) is 5.69 Å². The van der Waals surface area contributed by atoms with Crippen LogP contribution >= 0.6 is 0 Å². The quantitative estimate of drug-likeness (QED) is 0.467. The van der Waals surface area contributed by atoms with E-state index in [1.165, 1.54) is 11.3 Å². The third-order valence-corrected chi connectivity index (χ3v) is 6.66. The molecule has 5 rings (SSSR count). The Bertz CT molecular complexity index is 1270. The summed E-state index contributed by atoms with van der Waals surface area (Å²) < 4.78 is 19.3. The number of aryl methyl sites for hydroxylation is 2. The maximum Gasteiger partial charge on any atom is 0.135 e. The molecule has 0 amide bonds. The van der Waals surface area contributed by atoms with Gasteiger partial charge in [0.25, 0.3) is 0 Å². The van der Waals surface area contributed by atoms with Crippen LogP contribution in [-0.4, -0.2) is 28.4 Å². The van der Waals surface area contributed by atoms with Gasteiger partial charge in [-0.05, 0) is 50.8 Å². The number of hydrogen-bond acceptors (Lipinski definition) is 6. The highest BCUT2D eigenvalue weighted by Crippen LogP contribution is 2.45. The monoisotopic (exact) mass is 460 g/mol. The van der Waals surface area contributed by atoms with Crippen LogP contribution in [0.2, 0.25) is 0 Å². The predicted molar refractivity (Wildman–Crippen MR) is 132 cm³/mol. The van der Waals surface area contributed by atoms with E-state index in [4.69, 9.17) is 19.0 Å². The van der Waals surface area contributed by atoms with Gasteiger partial charge >= 0.3 is 0 Å². The molecule has 7 heteroatoms. The van der Waals surface area contributed by atoms with Crippen LogP contribution in [0.25, 0.3) is 16.8 Å². The molecular formula is C27H32N4O3. The molecule has 0 fully saturated rings. The van der Waals surface area contributed by atoms with Gasteiger partial charge in [-0.3, -0.25) is 0 Å². The smallest absolute Gasteiger partial charge is 0.135 e. The van der Waals surface area contributed by atoms with Gasteiger partial charge in [0.15, 0.2) is 0 Å². The Balaban J connectivity index is 1.83. The standard InChI is InChI=1S/C27H32N4O3/c1-6-21-27-20-14-19(32-5)10-11-23(20)30-12-8-9-17(3)26(22-13-18(4)34-29-22)24(30)15-31(27)25(28-21)16-33-7-2/h8,10-14,17H,6-7,9,15-16H2,1-5H3. The Labute approximate surface area is 200 Å². The lowest BCUT2D eigenvalue weighted by atomic mass is 9.93. The Morgan fingerprint density at radius 2 is 2.06 bits per heavy atom. The number of hydrogen-bond donors (Lipinski definition) is 0. The van der Waals surface area contributed by atoms with Crippen LogP contribution in [0.1, 0.15) is 50.2 Å². The molecule has 2 aliphatic rings. The third kappa shape index (κ3) is 3.74. The van der Waals surface area contributed by atoms with Crippen LogP contribution in [0, 0.1) is 12.8 Å². The molecular weight excluding hydrogens is 428 g/mol. The van der Waals surface area contributed by atoms with Crippen molar-refractivity contribution in [1.82, 2.24) is 14.7 Å². The fourth-order valence-electron chi connectivity index (χ4n) is 5.04. The zero-order chi connectivity index (χ0) is 23.8. The molecule has 2 aliphatic heterocycles. The maximum absolute atomic E-state index is 5.83. The lowest BCUT2D eigenvalue weighted by Gasteiger charge is -2.26. The summed E-state index contributed by atoms with van der Waals surface area (Å²) in [6.07, 6.45) is 6.21. The minimum Gasteiger partial charge on any atom is -0.497 e. The first-order chi connectivity index (χ1) is 16.5. The van der Waals surface area contributed by atoms with Gasteiger partial charge in [-0.2, -0.15) is 0 Å². The highest BCUT2D eigenvalue weighted by atomic mass is 16.5. The van der Waals surface area contributed by atoms with Crippen molar-refractivity contribution in [3.05, 3.63) is 65.2 Å². The van der Waals surface area contributed by atoms with E-state index in [1.807, 2.05) is 26.0 Å². The van der Waals surface area contributed by atoms with E-state index in [-0.39, 0.29) is 5.92 Å². The maximum atomic E-state index is 5.83. The second-order valence-electron chi connectivity index (χ2n) is 8.86. The van der Waals surface area contributed by atoms with Gasteiger partial charge in [0.2, 0.25) is 0 Å². The first-order valence-corrected chi connectivity index (χ1v) is 12.0. The Morgan fingerprint density at radius 1 is 1.21 bits per heavy atom. The molecule has 0 radical (unpaired) electrons. The summed E-state index contributed by atoms with van der Waals surface area (Å²) in [7, 11) is 1.71. The summed E-state index contributed by atoms with van der Waals surface area (Å²) in [5, 5.41) is 4.43. The molecule has 34 heavy (non-hydrogen) atoms. The average molecular weight is 461 g/mol. The Kier molecular flexibility index (Phi) is 6.04. The number of methoxy groups -OCH3 is 1. The van der Waals surface area contributed by atoms with Crippen molar-refractivity contribution in [2.75, 3.05) is 18.6 Å². The molecule has 0 N–H and O–H groups in total. The number of allylic oxidation sites excluding steroid dienone is 3. The number of benzene rings is 1. The van der Waals surface area contributed by atoms with Gasteiger partial charge in [0.05, 0.1) is 30.7 Å². The summed E-state index contributed by atoms with van der Waals surface area (Å²) in [4.78, 5) is 7.34. The molecule has 0 bridgehead atoms. The summed E-state index contributed by atoms with van der Waals surface area (Å²) >= 11 is 0. The second kappa shape index (κ2) is 9.14. The molecule has 0 aliphatic carbocycles. The molecule has 0 saturated carbocycles.